The Kier molecular flexibility index (Phi) is 3.31. The van der Waals surface area contributed by atoms with Crippen LogP contribution in [-0.2, 0) is 11.3 Å². The van der Waals surface area contributed by atoms with Gasteiger partial charge in [0, 0.05) is 30.2 Å². The number of thiazole rings is 1. The lowest BCUT2D eigenvalue weighted by molar-refractivity contribution is -0.0908. The van der Waals surface area contributed by atoms with Crippen molar-refractivity contribution in [1.29, 1.82) is 0 Å². The van der Waals surface area contributed by atoms with Crippen molar-refractivity contribution in [3.05, 3.63) is 11.1 Å². The number of morpholine rings is 1. The van der Waals surface area contributed by atoms with E-state index in [4.69, 9.17) is 10.5 Å². The average molecular weight is 253 g/mol. The highest BCUT2D eigenvalue weighted by molar-refractivity contribution is 7.15. The van der Waals surface area contributed by atoms with Crippen molar-refractivity contribution >= 4 is 16.5 Å². The maximum absolute atomic E-state index is 5.88. The van der Waals surface area contributed by atoms with Crippen molar-refractivity contribution in [2.24, 2.45) is 0 Å². The van der Waals surface area contributed by atoms with Crippen molar-refractivity contribution < 1.29 is 4.74 Å². The highest BCUT2D eigenvalue weighted by Gasteiger charge is 2.34. The van der Waals surface area contributed by atoms with E-state index in [1.54, 1.807) is 11.3 Å². The summed E-state index contributed by atoms with van der Waals surface area (Å²) in [5.74, 6) is 0. The number of hydrogen-bond donors (Lipinski definition) is 1. The van der Waals surface area contributed by atoms with Gasteiger partial charge >= 0.3 is 0 Å². The SMILES string of the molecule is Nc1ncc(CN2CCOC3CCCCC32)s1. The van der Waals surface area contributed by atoms with E-state index in [2.05, 4.69) is 9.88 Å². The number of anilines is 1. The Bertz CT molecular complexity index is 380. The highest BCUT2D eigenvalue weighted by Crippen LogP contribution is 2.30. The van der Waals surface area contributed by atoms with Gasteiger partial charge in [-0.15, -0.1) is 11.3 Å². The summed E-state index contributed by atoms with van der Waals surface area (Å²) in [6.07, 6.45) is 7.54. The van der Waals surface area contributed by atoms with Gasteiger partial charge in [-0.25, -0.2) is 4.98 Å². The van der Waals surface area contributed by atoms with Gasteiger partial charge in [0.25, 0.3) is 0 Å². The van der Waals surface area contributed by atoms with Gasteiger partial charge in [0.05, 0.1) is 12.7 Å². The van der Waals surface area contributed by atoms with Crippen molar-refractivity contribution in [1.82, 2.24) is 9.88 Å². The molecule has 2 atom stereocenters. The zero-order valence-corrected chi connectivity index (χ0v) is 10.8. The largest absolute Gasteiger partial charge is 0.375 e. The van der Waals surface area contributed by atoms with Crippen molar-refractivity contribution in [3.63, 3.8) is 0 Å². The molecule has 4 nitrogen and oxygen atoms in total. The van der Waals surface area contributed by atoms with Crippen LogP contribution in [0.15, 0.2) is 6.20 Å². The zero-order valence-electron chi connectivity index (χ0n) is 9.97. The number of ether oxygens (including phenoxy) is 1. The van der Waals surface area contributed by atoms with Crippen molar-refractivity contribution in [2.75, 3.05) is 18.9 Å². The van der Waals surface area contributed by atoms with Crippen LogP contribution in [0.4, 0.5) is 5.13 Å². The molecule has 0 bridgehead atoms. The molecule has 2 unspecified atom stereocenters. The third kappa shape index (κ3) is 2.46. The first-order valence-corrected chi connectivity index (χ1v) is 7.20. The molecule has 1 aliphatic carbocycles. The fourth-order valence-electron chi connectivity index (χ4n) is 2.97. The smallest absolute Gasteiger partial charge is 0.180 e. The van der Waals surface area contributed by atoms with Gasteiger partial charge in [-0.3, -0.25) is 4.90 Å². The fourth-order valence-corrected chi connectivity index (χ4v) is 3.68. The van der Waals surface area contributed by atoms with E-state index in [9.17, 15) is 0 Å². The van der Waals surface area contributed by atoms with E-state index in [1.165, 1.54) is 30.6 Å². The Morgan fingerprint density at radius 1 is 1.47 bits per heavy atom. The minimum absolute atomic E-state index is 0.461. The predicted octanol–water partition coefficient (Wildman–Crippen LogP) is 1.87. The number of nitrogen functional groups attached to an aromatic ring is 1. The summed E-state index contributed by atoms with van der Waals surface area (Å²) in [5, 5.41) is 0.674. The van der Waals surface area contributed by atoms with Gasteiger partial charge in [-0.05, 0) is 12.8 Å². The maximum atomic E-state index is 5.88. The standard InChI is InChI=1S/C12H19N3OS/c13-12-14-7-9(17-12)8-15-5-6-16-11-4-2-1-3-10(11)15/h7,10-11H,1-6,8H2,(H2,13,14). The number of hydrogen-bond acceptors (Lipinski definition) is 5. The van der Waals surface area contributed by atoms with Crippen LogP contribution >= 0.6 is 11.3 Å². The Labute approximate surface area is 106 Å². The summed E-state index contributed by atoms with van der Waals surface area (Å²) in [7, 11) is 0. The number of nitrogens with two attached hydrogens (primary N) is 1. The first-order chi connectivity index (χ1) is 8.33. The molecule has 17 heavy (non-hydrogen) atoms. The van der Waals surface area contributed by atoms with Crippen LogP contribution in [0.2, 0.25) is 0 Å². The van der Waals surface area contributed by atoms with Gasteiger partial charge in [0.15, 0.2) is 5.13 Å². The molecule has 2 aliphatic rings. The molecule has 5 heteroatoms. The van der Waals surface area contributed by atoms with Crippen LogP contribution in [0, 0.1) is 0 Å². The molecule has 1 aromatic heterocycles. The van der Waals surface area contributed by atoms with E-state index in [0.717, 1.165) is 19.7 Å². The molecule has 0 spiro atoms. The van der Waals surface area contributed by atoms with Crippen LogP contribution in [0.25, 0.3) is 0 Å². The van der Waals surface area contributed by atoms with E-state index >= 15 is 0 Å². The van der Waals surface area contributed by atoms with Crippen LogP contribution < -0.4 is 5.73 Å². The molecule has 3 rings (SSSR count). The van der Waals surface area contributed by atoms with Gasteiger partial charge in [0.2, 0.25) is 0 Å². The van der Waals surface area contributed by atoms with Gasteiger partial charge in [0.1, 0.15) is 0 Å². The van der Waals surface area contributed by atoms with E-state index in [-0.39, 0.29) is 0 Å². The lowest BCUT2D eigenvalue weighted by Crippen LogP contribution is -2.51. The number of fused-ring (bicyclic) bond motifs is 1. The maximum Gasteiger partial charge on any atom is 0.180 e. The average Bonchev–Trinajstić information content (AvgIpc) is 2.75. The van der Waals surface area contributed by atoms with E-state index in [1.807, 2.05) is 6.20 Å². The second kappa shape index (κ2) is 4.92. The highest BCUT2D eigenvalue weighted by atomic mass is 32.1. The number of nitrogens with zero attached hydrogens (tertiary/aromatic N) is 2. The Morgan fingerprint density at radius 3 is 3.18 bits per heavy atom. The van der Waals surface area contributed by atoms with Crippen molar-refractivity contribution in [2.45, 2.75) is 44.4 Å². The molecule has 0 amide bonds. The molecular weight excluding hydrogens is 234 g/mol. The molecule has 1 saturated carbocycles. The lowest BCUT2D eigenvalue weighted by atomic mass is 9.90. The summed E-state index contributed by atoms with van der Waals surface area (Å²) in [6.45, 7) is 2.90. The molecule has 2 fully saturated rings. The first kappa shape index (κ1) is 11.4. The summed E-state index contributed by atoms with van der Waals surface area (Å²) in [4.78, 5) is 7.95. The summed E-state index contributed by atoms with van der Waals surface area (Å²) < 4.78 is 5.88. The third-order valence-electron chi connectivity index (χ3n) is 3.78. The second-order valence-electron chi connectivity index (χ2n) is 4.90. The van der Waals surface area contributed by atoms with Gasteiger partial charge in [-0.1, -0.05) is 12.8 Å². The van der Waals surface area contributed by atoms with Gasteiger partial charge < -0.3 is 10.5 Å². The van der Waals surface area contributed by atoms with Crippen molar-refractivity contribution in [3.8, 4) is 0 Å². The molecule has 1 saturated heterocycles. The first-order valence-electron chi connectivity index (χ1n) is 6.39. The van der Waals surface area contributed by atoms with Crippen LogP contribution in [0.5, 0.6) is 0 Å². The summed E-state index contributed by atoms with van der Waals surface area (Å²) in [5.41, 5.74) is 5.68. The van der Waals surface area contributed by atoms with Crippen LogP contribution in [0.3, 0.4) is 0 Å². The fraction of sp³-hybridized carbons (Fsp3) is 0.750. The van der Waals surface area contributed by atoms with Gasteiger partial charge in [-0.2, -0.15) is 0 Å². The van der Waals surface area contributed by atoms with E-state index in [0.29, 0.717) is 17.3 Å². The zero-order chi connectivity index (χ0) is 11.7. The topological polar surface area (TPSA) is 51.4 Å². The minimum Gasteiger partial charge on any atom is -0.375 e. The Morgan fingerprint density at radius 2 is 2.35 bits per heavy atom. The molecule has 1 aromatic rings. The normalized spacial score (nSPS) is 30.1. The third-order valence-corrected chi connectivity index (χ3v) is 4.59. The molecule has 94 valence electrons. The summed E-state index contributed by atoms with van der Waals surface area (Å²) >= 11 is 1.60. The molecule has 1 aliphatic heterocycles. The predicted molar refractivity (Wildman–Crippen MR) is 68.9 cm³/mol. The Hall–Kier alpha value is -0.650. The minimum atomic E-state index is 0.461. The number of rotatable bonds is 2. The number of aromatic nitrogens is 1. The molecule has 2 heterocycles. The molecule has 2 N–H and O–H groups in total. The van der Waals surface area contributed by atoms with E-state index < -0.39 is 0 Å². The second-order valence-corrected chi connectivity index (χ2v) is 6.04. The molecule has 0 aromatic carbocycles. The molecule has 0 radical (unpaired) electrons. The van der Waals surface area contributed by atoms with Crippen LogP contribution in [-0.4, -0.2) is 35.2 Å². The lowest BCUT2D eigenvalue weighted by Gasteiger charge is -2.43. The summed E-state index contributed by atoms with van der Waals surface area (Å²) in [6, 6.07) is 0.612. The molecular formula is C12H19N3OS. The quantitative estimate of drug-likeness (QED) is 0.874. The van der Waals surface area contributed by atoms with Crippen LogP contribution in [0.1, 0.15) is 30.6 Å². The Balaban J connectivity index is 1.68. The monoisotopic (exact) mass is 253 g/mol.